The summed E-state index contributed by atoms with van der Waals surface area (Å²) in [4.78, 5) is 4.43. The zero-order valence-electron chi connectivity index (χ0n) is 12.9. The molecule has 2 aromatic heterocycles. The lowest BCUT2D eigenvalue weighted by atomic mass is 9.85. The molecule has 0 bridgehead atoms. The van der Waals surface area contributed by atoms with E-state index >= 15 is 0 Å². The predicted molar refractivity (Wildman–Crippen MR) is 86.0 cm³/mol. The van der Waals surface area contributed by atoms with Crippen LogP contribution in [0.3, 0.4) is 0 Å². The molecule has 2 heterocycles. The highest BCUT2D eigenvalue weighted by Gasteiger charge is 2.21. The van der Waals surface area contributed by atoms with Gasteiger partial charge in [-0.05, 0) is 43.7 Å². The Labute approximate surface area is 130 Å². The standard InChI is InChI=1S/C17H19N5/c1-11-15(10-22(2)21-11)16-8-13(12-6-4-3-5-7-12)14(9-18)17(19)20-16/h3-4,8,10,12H,5-7H2,1-2H3,(H2,19,20). The Morgan fingerprint density at radius 1 is 1.41 bits per heavy atom. The van der Waals surface area contributed by atoms with Gasteiger partial charge in [-0.25, -0.2) is 4.98 Å². The summed E-state index contributed by atoms with van der Waals surface area (Å²) in [6, 6.07) is 4.24. The number of nitrogen functional groups attached to an aromatic ring is 1. The molecule has 1 aliphatic rings. The van der Waals surface area contributed by atoms with Crippen molar-refractivity contribution in [2.45, 2.75) is 32.1 Å². The summed E-state index contributed by atoms with van der Waals surface area (Å²) >= 11 is 0. The van der Waals surface area contributed by atoms with Crippen molar-refractivity contribution in [1.29, 1.82) is 5.26 Å². The Morgan fingerprint density at radius 3 is 2.82 bits per heavy atom. The van der Waals surface area contributed by atoms with Gasteiger partial charge in [0.15, 0.2) is 0 Å². The molecule has 0 radical (unpaired) electrons. The molecule has 0 saturated heterocycles. The lowest BCUT2D eigenvalue weighted by molar-refractivity contribution is 0.615. The smallest absolute Gasteiger partial charge is 0.142 e. The zero-order chi connectivity index (χ0) is 15.7. The van der Waals surface area contributed by atoms with E-state index in [0.717, 1.165) is 41.8 Å². The fraction of sp³-hybridized carbons (Fsp3) is 0.353. The largest absolute Gasteiger partial charge is 0.383 e. The van der Waals surface area contributed by atoms with Crippen LogP contribution in [0.2, 0.25) is 0 Å². The van der Waals surface area contributed by atoms with E-state index in [9.17, 15) is 5.26 Å². The van der Waals surface area contributed by atoms with Crippen molar-refractivity contribution in [2.24, 2.45) is 7.05 Å². The van der Waals surface area contributed by atoms with E-state index in [1.165, 1.54) is 0 Å². The number of hydrogen-bond donors (Lipinski definition) is 1. The molecular weight excluding hydrogens is 274 g/mol. The summed E-state index contributed by atoms with van der Waals surface area (Å²) in [5, 5.41) is 13.8. The fourth-order valence-electron chi connectivity index (χ4n) is 3.09. The topological polar surface area (TPSA) is 80.5 Å². The van der Waals surface area contributed by atoms with Crippen molar-refractivity contribution < 1.29 is 0 Å². The average molecular weight is 293 g/mol. The van der Waals surface area contributed by atoms with Crippen molar-refractivity contribution in [1.82, 2.24) is 14.8 Å². The lowest BCUT2D eigenvalue weighted by Gasteiger charge is -2.20. The number of anilines is 1. The van der Waals surface area contributed by atoms with E-state index in [2.05, 4.69) is 28.3 Å². The molecule has 1 atom stereocenters. The van der Waals surface area contributed by atoms with Crippen molar-refractivity contribution in [2.75, 3.05) is 5.73 Å². The lowest BCUT2D eigenvalue weighted by Crippen LogP contribution is -2.08. The highest BCUT2D eigenvalue weighted by molar-refractivity contribution is 5.68. The van der Waals surface area contributed by atoms with E-state index in [-0.39, 0.29) is 0 Å². The summed E-state index contributed by atoms with van der Waals surface area (Å²) in [7, 11) is 1.89. The molecule has 1 unspecified atom stereocenters. The van der Waals surface area contributed by atoms with Gasteiger partial charge in [-0.15, -0.1) is 0 Å². The van der Waals surface area contributed by atoms with E-state index in [1.807, 2.05) is 26.2 Å². The summed E-state index contributed by atoms with van der Waals surface area (Å²) in [6.07, 6.45) is 9.34. The van der Waals surface area contributed by atoms with Gasteiger partial charge in [0.05, 0.1) is 17.0 Å². The maximum absolute atomic E-state index is 9.45. The molecule has 2 N–H and O–H groups in total. The van der Waals surface area contributed by atoms with Gasteiger partial charge in [0.25, 0.3) is 0 Å². The number of allylic oxidation sites excluding steroid dienone is 2. The van der Waals surface area contributed by atoms with Crippen LogP contribution in [0.15, 0.2) is 24.4 Å². The Hall–Kier alpha value is -2.61. The van der Waals surface area contributed by atoms with Crippen LogP contribution in [0.1, 0.15) is 42.0 Å². The summed E-state index contributed by atoms with van der Waals surface area (Å²) in [5.74, 6) is 0.647. The van der Waals surface area contributed by atoms with Crippen LogP contribution in [-0.2, 0) is 7.05 Å². The van der Waals surface area contributed by atoms with Crippen molar-refractivity contribution in [3.05, 3.63) is 41.2 Å². The van der Waals surface area contributed by atoms with Crippen molar-refractivity contribution in [3.63, 3.8) is 0 Å². The van der Waals surface area contributed by atoms with Crippen LogP contribution in [-0.4, -0.2) is 14.8 Å². The van der Waals surface area contributed by atoms with Crippen LogP contribution >= 0.6 is 0 Å². The maximum Gasteiger partial charge on any atom is 0.142 e. The third-order valence-corrected chi connectivity index (χ3v) is 4.19. The first-order valence-corrected chi connectivity index (χ1v) is 7.46. The van der Waals surface area contributed by atoms with Gasteiger partial charge in [0, 0.05) is 18.8 Å². The SMILES string of the molecule is Cc1nn(C)cc1-c1cc(C2CC=CCC2)c(C#N)c(N)n1. The second-order valence-electron chi connectivity index (χ2n) is 5.75. The second kappa shape index (κ2) is 5.64. The Kier molecular flexibility index (Phi) is 3.68. The van der Waals surface area contributed by atoms with Crippen LogP contribution in [0.4, 0.5) is 5.82 Å². The minimum Gasteiger partial charge on any atom is -0.383 e. The highest BCUT2D eigenvalue weighted by atomic mass is 15.2. The van der Waals surface area contributed by atoms with Gasteiger partial charge in [0.2, 0.25) is 0 Å². The van der Waals surface area contributed by atoms with E-state index in [1.54, 1.807) is 4.68 Å². The van der Waals surface area contributed by atoms with Gasteiger partial charge < -0.3 is 5.73 Å². The molecule has 1 aliphatic carbocycles. The van der Waals surface area contributed by atoms with Gasteiger partial charge in [-0.3, -0.25) is 4.68 Å². The molecule has 5 nitrogen and oxygen atoms in total. The third kappa shape index (κ3) is 2.48. The molecule has 0 spiro atoms. The molecule has 0 saturated carbocycles. The van der Waals surface area contributed by atoms with Crippen LogP contribution in [0.5, 0.6) is 0 Å². The molecular formula is C17H19N5. The van der Waals surface area contributed by atoms with E-state index in [0.29, 0.717) is 17.3 Å². The summed E-state index contributed by atoms with van der Waals surface area (Å²) in [6.45, 7) is 1.95. The first kappa shape index (κ1) is 14.3. The number of nitriles is 1. The van der Waals surface area contributed by atoms with Gasteiger partial charge in [-0.2, -0.15) is 10.4 Å². The Bertz CT molecular complexity index is 779. The monoisotopic (exact) mass is 293 g/mol. The third-order valence-electron chi connectivity index (χ3n) is 4.19. The Morgan fingerprint density at radius 2 is 2.23 bits per heavy atom. The summed E-state index contributed by atoms with van der Waals surface area (Å²) < 4.78 is 1.77. The van der Waals surface area contributed by atoms with Crippen LogP contribution in [0, 0.1) is 18.3 Å². The summed E-state index contributed by atoms with van der Waals surface area (Å²) in [5.41, 5.74) is 10.3. The quantitative estimate of drug-likeness (QED) is 0.863. The molecule has 0 aliphatic heterocycles. The number of aryl methyl sites for hydroxylation is 2. The van der Waals surface area contributed by atoms with Gasteiger partial charge in [0.1, 0.15) is 11.9 Å². The van der Waals surface area contributed by atoms with Gasteiger partial charge in [-0.1, -0.05) is 12.2 Å². The van der Waals surface area contributed by atoms with Gasteiger partial charge >= 0.3 is 0 Å². The molecule has 2 aromatic rings. The van der Waals surface area contributed by atoms with Crippen LogP contribution < -0.4 is 5.73 Å². The molecule has 0 fully saturated rings. The molecule has 0 amide bonds. The average Bonchev–Trinajstić information content (AvgIpc) is 2.86. The molecule has 0 aromatic carbocycles. The highest BCUT2D eigenvalue weighted by Crippen LogP contribution is 2.35. The number of hydrogen-bond acceptors (Lipinski definition) is 4. The minimum absolute atomic E-state index is 0.313. The normalized spacial score (nSPS) is 17.4. The zero-order valence-corrected chi connectivity index (χ0v) is 12.9. The molecule has 22 heavy (non-hydrogen) atoms. The van der Waals surface area contributed by atoms with E-state index in [4.69, 9.17) is 5.73 Å². The number of rotatable bonds is 2. The first-order chi connectivity index (χ1) is 10.6. The molecule has 112 valence electrons. The van der Waals surface area contributed by atoms with Crippen LogP contribution in [0.25, 0.3) is 11.3 Å². The van der Waals surface area contributed by atoms with Crippen molar-refractivity contribution >= 4 is 5.82 Å². The van der Waals surface area contributed by atoms with Crippen molar-refractivity contribution in [3.8, 4) is 17.3 Å². The fourth-order valence-corrected chi connectivity index (χ4v) is 3.09. The maximum atomic E-state index is 9.45. The number of nitrogens with zero attached hydrogens (tertiary/aromatic N) is 4. The Balaban J connectivity index is 2.14. The first-order valence-electron chi connectivity index (χ1n) is 7.46. The molecule has 3 rings (SSSR count). The number of aromatic nitrogens is 3. The number of nitrogens with two attached hydrogens (primary N) is 1. The second-order valence-corrected chi connectivity index (χ2v) is 5.75. The predicted octanol–water partition coefficient (Wildman–Crippen LogP) is 3.07. The van der Waals surface area contributed by atoms with E-state index < -0.39 is 0 Å². The number of pyridine rings is 1. The molecule has 5 heteroatoms. The minimum atomic E-state index is 0.313.